The summed E-state index contributed by atoms with van der Waals surface area (Å²) in [6, 6.07) is 0.913. The monoisotopic (exact) mass is 320 g/mol. The molecular weight excluding hydrogens is 292 g/mol. The maximum absolute atomic E-state index is 12.2. The Hall–Kier alpha value is -1.43. The number of carbonyl (C=O) groups is 1. The van der Waals surface area contributed by atoms with Gasteiger partial charge in [-0.15, -0.1) is 0 Å². The van der Waals surface area contributed by atoms with Crippen molar-refractivity contribution in [3.05, 3.63) is 11.7 Å². The summed E-state index contributed by atoms with van der Waals surface area (Å²) in [5, 5.41) is 7.19. The van der Waals surface area contributed by atoms with Gasteiger partial charge in [-0.1, -0.05) is 25.4 Å². The lowest BCUT2D eigenvalue weighted by molar-refractivity contribution is -0.122. The van der Waals surface area contributed by atoms with Crippen LogP contribution < -0.4 is 5.32 Å². The summed E-state index contributed by atoms with van der Waals surface area (Å²) < 4.78 is 5.21. The molecule has 2 fully saturated rings. The molecule has 0 unspecified atom stereocenters. The zero-order valence-electron chi connectivity index (χ0n) is 14.3. The highest BCUT2D eigenvalue weighted by Gasteiger charge is 2.35. The van der Waals surface area contributed by atoms with Crippen LogP contribution in [0, 0.1) is 0 Å². The lowest BCUT2D eigenvalue weighted by atomic mass is 9.99. The van der Waals surface area contributed by atoms with Crippen molar-refractivity contribution in [2.45, 2.75) is 76.8 Å². The number of fused-ring (bicyclic) bond motifs is 1. The van der Waals surface area contributed by atoms with Gasteiger partial charge in [-0.3, -0.25) is 9.69 Å². The van der Waals surface area contributed by atoms with E-state index in [1.165, 1.54) is 25.8 Å². The third-order valence-corrected chi connectivity index (χ3v) is 5.00. The first-order valence-corrected chi connectivity index (χ1v) is 8.99. The number of hydrogen-bond acceptors (Lipinski definition) is 5. The highest BCUT2D eigenvalue weighted by atomic mass is 16.5. The van der Waals surface area contributed by atoms with Gasteiger partial charge in [-0.05, 0) is 32.2 Å². The largest absolute Gasteiger partial charge is 0.352 e. The molecule has 1 N–H and O–H groups in total. The molecular formula is C17H28N4O2. The second-order valence-electron chi connectivity index (χ2n) is 7.12. The van der Waals surface area contributed by atoms with Gasteiger partial charge in [0.05, 0.1) is 0 Å². The summed E-state index contributed by atoms with van der Waals surface area (Å²) in [4.78, 5) is 19.1. The molecule has 0 aliphatic carbocycles. The van der Waals surface area contributed by atoms with E-state index in [4.69, 9.17) is 4.52 Å². The fourth-order valence-electron chi connectivity index (χ4n) is 3.70. The summed E-state index contributed by atoms with van der Waals surface area (Å²) in [6.45, 7) is 6.42. The molecule has 0 aromatic carbocycles. The first kappa shape index (κ1) is 16.4. The van der Waals surface area contributed by atoms with Gasteiger partial charge < -0.3 is 9.84 Å². The third-order valence-electron chi connectivity index (χ3n) is 5.00. The van der Waals surface area contributed by atoms with E-state index in [1.807, 2.05) is 13.8 Å². The highest BCUT2D eigenvalue weighted by Crippen LogP contribution is 2.27. The fourth-order valence-corrected chi connectivity index (χ4v) is 3.70. The predicted octanol–water partition coefficient (Wildman–Crippen LogP) is 2.26. The topological polar surface area (TPSA) is 71.3 Å². The number of nitrogens with one attached hydrogen (secondary N) is 1. The predicted molar refractivity (Wildman–Crippen MR) is 87.1 cm³/mol. The first-order valence-electron chi connectivity index (χ1n) is 8.99. The van der Waals surface area contributed by atoms with Crippen LogP contribution in [-0.2, 0) is 11.2 Å². The minimum atomic E-state index is 0.158. The SMILES string of the molecule is CC(C)c1noc(CCCC(=O)N[C@H]2CCN3CCCC[C@@H]23)n1. The van der Waals surface area contributed by atoms with E-state index in [1.54, 1.807) is 0 Å². The van der Waals surface area contributed by atoms with Crippen molar-refractivity contribution >= 4 is 5.91 Å². The van der Waals surface area contributed by atoms with E-state index in [0.717, 1.165) is 25.2 Å². The van der Waals surface area contributed by atoms with Gasteiger partial charge in [0.2, 0.25) is 11.8 Å². The second-order valence-corrected chi connectivity index (χ2v) is 7.12. The molecule has 0 bridgehead atoms. The molecule has 0 radical (unpaired) electrons. The minimum Gasteiger partial charge on any atom is -0.352 e. The van der Waals surface area contributed by atoms with E-state index in [0.29, 0.717) is 30.8 Å². The summed E-state index contributed by atoms with van der Waals surface area (Å²) in [6.07, 6.45) is 6.88. The normalized spacial score (nSPS) is 24.8. The quantitative estimate of drug-likeness (QED) is 0.870. The summed E-state index contributed by atoms with van der Waals surface area (Å²) in [7, 11) is 0. The number of aryl methyl sites for hydroxylation is 1. The number of carbonyl (C=O) groups excluding carboxylic acids is 1. The van der Waals surface area contributed by atoms with Crippen molar-refractivity contribution in [2.75, 3.05) is 13.1 Å². The van der Waals surface area contributed by atoms with Crippen molar-refractivity contribution in [1.29, 1.82) is 0 Å². The van der Waals surface area contributed by atoms with E-state index in [-0.39, 0.29) is 11.8 Å². The summed E-state index contributed by atoms with van der Waals surface area (Å²) in [5.41, 5.74) is 0. The fraction of sp³-hybridized carbons (Fsp3) is 0.824. The second kappa shape index (κ2) is 7.43. The Bertz CT molecular complexity index is 528. The van der Waals surface area contributed by atoms with Crippen LogP contribution in [0.25, 0.3) is 0 Å². The van der Waals surface area contributed by atoms with E-state index >= 15 is 0 Å². The number of aromatic nitrogens is 2. The zero-order valence-corrected chi connectivity index (χ0v) is 14.3. The van der Waals surface area contributed by atoms with Crippen molar-refractivity contribution in [1.82, 2.24) is 20.4 Å². The van der Waals surface area contributed by atoms with Gasteiger partial charge in [0.25, 0.3) is 0 Å². The van der Waals surface area contributed by atoms with Crippen LogP contribution in [0.15, 0.2) is 4.52 Å². The minimum absolute atomic E-state index is 0.158. The molecule has 1 aromatic rings. The molecule has 2 atom stereocenters. The molecule has 2 aliphatic rings. The van der Waals surface area contributed by atoms with Crippen molar-refractivity contribution in [3.63, 3.8) is 0 Å². The van der Waals surface area contributed by atoms with Crippen LogP contribution in [0.1, 0.15) is 70.0 Å². The van der Waals surface area contributed by atoms with Crippen LogP contribution >= 0.6 is 0 Å². The third kappa shape index (κ3) is 4.10. The molecule has 3 rings (SSSR count). The Balaban J connectivity index is 1.39. The molecule has 128 valence electrons. The Morgan fingerprint density at radius 1 is 1.35 bits per heavy atom. The number of amides is 1. The molecule has 2 aliphatic heterocycles. The number of hydrogen-bond donors (Lipinski definition) is 1. The van der Waals surface area contributed by atoms with Crippen LogP contribution in [0.4, 0.5) is 0 Å². The molecule has 6 heteroatoms. The Morgan fingerprint density at radius 3 is 3.00 bits per heavy atom. The molecule has 6 nitrogen and oxygen atoms in total. The Kier molecular flexibility index (Phi) is 5.30. The van der Waals surface area contributed by atoms with Crippen LogP contribution in [-0.4, -0.2) is 46.1 Å². The average Bonchev–Trinajstić information content (AvgIpc) is 3.15. The molecule has 0 spiro atoms. The molecule has 23 heavy (non-hydrogen) atoms. The van der Waals surface area contributed by atoms with Crippen LogP contribution in [0.2, 0.25) is 0 Å². The van der Waals surface area contributed by atoms with E-state index < -0.39 is 0 Å². The van der Waals surface area contributed by atoms with Crippen molar-refractivity contribution in [2.24, 2.45) is 0 Å². The molecule has 0 saturated carbocycles. The average molecular weight is 320 g/mol. The van der Waals surface area contributed by atoms with E-state index in [2.05, 4.69) is 20.4 Å². The number of rotatable bonds is 6. The van der Waals surface area contributed by atoms with Gasteiger partial charge in [0.15, 0.2) is 5.82 Å². The van der Waals surface area contributed by atoms with Crippen molar-refractivity contribution < 1.29 is 9.32 Å². The Morgan fingerprint density at radius 2 is 2.22 bits per heavy atom. The summed E-state index contributed by atoms with van der Waals surface area (Å²) in [5.74, 6) is 1.82. The first-order chi connectivity index (χ1) is 11.1. The van der Waals surface area contributed by atoms with Gasteiger partial charge in [-0.2, -0.15) is 4.98 Å². The smallest absolute Gasteiger partial charge is 0.226 e. The Labute approximate surface area is 138 Å². The van der Waals surface area contributed by atoms with Gasteiger partial charge in [0, 0.05) is 37.4 Å². The van der Waals surface area contributed by atoms with Crippen LogP contribution in [0.3, 0.4) is 0 Å². The summed E-state index contributed by atoms with van der Waals surface area (Å²) >= 11 is 0. The lowest BCUT2D eigenvalue weighted by Gasteiger charge is -2.32. The van der Waals surface area contributed by atoms with Gasteiger partial charge in [-0.25, -0.2) is 0 Å². The molecule has 1 aromatic heterocycles. The maximum Gasteiger partial charge on any atom is 0.226 e. The van der Waals surface area contributed by atoms with Gasteiger partial charge >= 0.3 is 0 Å². The lowest BCUT2D eigenvalue weighted by Crippen LogP contribution is -2.46. The zero-order chi connectivity index (χ0) is 16.2. The number of piperidine rings is 1. The highest BCUT2D eigenvalue weighted by molar-refractivity contribution is 5.76. The standard InChI is InChI=1S/C17H28N4O2/c1-12(2)17-19-16(23-20-17)8-5-7-15(22)18-13-9-11-21-10-4-3-6-14(13)21/h12-14H,3-11H2,1-2H3,(H,18,22)/t13-,14-/m0/s1. The molecule has 1 amide bonds. The number of nitrogens with zero attached hydrogens (tertiary/aromatic N) is 3. The van der Waals surface area contributed by atoms with Crippen molar-refractivity contribution in [3.8, 4) is 0 Å². The van der Waals surface area contributed by atoms with Crippen LogP contribution in [0.5, 0.6) is 0 Å². The molecule has 3 heterocycles. The maximum atomic E-state index is 12.2. The van der Waals surface area contributed by atoms with E-state index in [9.17, 15) is 4.79 Å². The molecule has 2 saturated heterocycles. The van der Waals surface area contributed by atoms with Gasteiger partial charge in [0.1, 0.15) is 0 Å².